The smallest absolute Gasteiger partial charge is 0.252 e. The topological polar surface area (TPSA) is 67.7 Å². The molecule has 6 rings (SSSR count). The Morgan fingerprint density at radius 3 is 2.64 bits per heavy atom. The number of piperidine rings is 1. The second-order valence-electron chi connectivity index (χ2n) is 9.62. The van der Waals surface area contributed by atoms with Gasteiger partial charge in [0.25, 0.3) is 10.0 Å². The molecule has 176 valence electrons. The molecule has 33 heavy (non-hydrogen) atoms. The Labute approximate surface area is 199 Å². The Morgan fingerprint density at radius 1 is 1.15 bits per heavy atom. The molecule has 3 atom stereocenters. The van der Waals surface area contributed by atoms with Crippen LogP contribution in [0.5, 0.6) is 0 Å². The number of likely N-dealkylation sites (tertiary alicyclic amines) is 1. The first-order chi connectivity index (χ1) is 16.0. The van der Waals surface area contributed by atoms with Crippen LogP contribution in [0.15, 0.2) is 35.7 Å². The summed E-state index contributed by atoms with van der Waals surface area (Å²) in [5.74, 6) is 1.28. The summed E-state index contributed by atoms with van der Waals surface area (Å²) in [6.45, 7) is 5.13. The minimum atomic E-state index is -3.49. The van der Waals surface area contributed by atoms with Crippen molar-refractivity contribution in [2.45, 2.75) is 37.8 Å². The quantitative estimate of drug-likeness (QED) is 0.508. The lowest BCUT2D eigenvalue weighted by molar-refractivity contribution is 0.0149. The highest BCUT2D eigenvalue weighted by molar-refractivity contribution is 7.89. The van der Waals surface area contributed by atoms with E-state index in [0.717, 1.165) is 54.9 Å². The Bertz CT molecular complexity index is 1250. The zero-order valence-corrected chi connectivity index (χ0v) is 20.5. The number of anilines is 1. The molecule has 0 radical (unpaired) electrons. The van der Waals surface area contributed by atoms with Gasteiger partial charge in [-0.15, -0.1) is 20.5 Å². The van der Waals surface area contributed by atoms with Crippen molar-refractivity contribution in [3.8, 4) is 11.1 Å². The number of aromatic nitrogens is 2. The summed E-state index contributed by atoms with van der Waals surface area (Å²) in [6, 6.07) is 10.5. The number of rotatable bonds is 7. The molecule has 2 aromatic heterocycles. The lowest BCUT2D eigenvalue weighted by Crippen LogP contribution is -2.40. The van der Waals surface area contributed by atoms with E-state index in [1.807, 2.05) is 18.2 Å². The minimum absolute atomic E-state index is 0.303. The van der Waals surface area contributed by atoms with Crippen molar-refractivity contribution in [3.63, 3.8) is 0 Å². The Balaban J connectivity index is 1.27. The van der Waals surface area contributed by atoms with Crippen LogP contribution in [0.4, 0.5) is 5.82 Å². The van der Waals surface area contributed by atoms with E-state index in [0.29, 0.717) is 22.9 Å². The highest BCUT2D eigenvalue weighted by Crippen LogP contribution is 2.47. The first-order valence-electron chi connectivity index (χ1n) is 11.9. The van der Waals surface area contributed by atoms with Crippen molar-refractivity contribution < 1.29 is 13.2 Å². The first-order valence-corrected chi connectivity index (χ1v) is 14.6. The highest BCUT2D eigenvalue weighted by Gasteiger charge is 2.47. The molecule has 2 saturated heterocycles. The highest BCUT2D eigenvalue weighted by atomic mass is 32.2. The average Bonchev–Trinajstić information content (AvgIpc) is 3.59. The van der Waals surface area contributed by atoms with Crippen LogP contribution in [0.25, 0.3) is 21.3 Å². The van der Waals surface area contributed by atoms with Crippen LogP contribution >= 0.6 is 11.3 Å². The summed E-state index contributed by atoms with van der Waals surface area (Å²) in [6.07, 6.45) is 6.23. The number of benzene rings is 1. The molecule has 7 nitrogen and oxygen atoms in total. The third-order valence-electron chi connectivity index (χ3n) is 7.44. The summed E-state index contributed by atoms with van der Waals surface area (Å²) in [5, 5.41) is 7.68. The maximum absolute atomic E-state index is 12.5. The molecule has 3 aromatic rings. The molecule has 2 aliphatic heterocycles. The van der Waals surface area contributed by atoms with Gasteiger partial charge in [0, 0.05) is 36.0 Å². The molecule has 9 heteroatoms. The van der Waals surface area contributed by atoms with Gasteiger partial charge in [-0.1, -0.05) is 30.3 Å². The zero-order valence-electron chi connectivity index (χ0n) is 18.9. The summed E-state index contributed by atoms with van der Waals surface area (Å²) in [5.41, 5.74) is 2.15. The second-order valence-corrected chi connectivity index (χ2v) is 12.3. The van der Waals surface area contributed by atoms with E-state index in [9.17, 15) is 8.42 Å². The van der Waals surface area contributed by atoms with E-state index in [-0.39, 0.29) is 0 Å². The number of thiophene rings is 1. The largest absolute Gasteiger partial charge is 0.376 e. The van der Waals surface area contributed by atoms with Gasteiger partial charge in [-0.05, 0) is 44.3 Å². The maximum atomic E-state index is 12.5. The zero-order chi connectivity index (χ0) is 22.6. The Kier molecular flexibility index (Phi) is 5.48. The van der Waals surface area contributed by atoms with Gasteiger partial charge in [0.15, 0.2) is 5.82 Å². The van der Waals surface area contributed by atoms with Gasteiger partial charge < -0.3 is 14.5 Å². The van der Waals surface area contributed by atoms with Gasteiger partial charge in [0.05, 0.1) is 24.4 Å². The number of nitrogens with zero attached hydrogens (tertiary/aromatic N) is 4. The molecule has 1 aliphatic carbocycles. The molecule has 0 N–H and O–H groups in total. The van der Waals surface area contributed by atoms with Gasteiger partial charge in [0.2, 0.25) is 0 Å². The molecular weight excluding hydrogens is 456 g/mol. The van der Waals surface area contributed by atoms with Crippen LogP contribution in [0.1, 0.15) is 25.7 Å². The molecule has 4 heterocycles. The summed E-state index contributed by atoms with van der Waals surface area (Å²) < 4.78 is 32.6. The first kappa shape index (κ1) is 21.6. The predicted molar refractivity (Wildman–Crippen MR) is 133 cm³/mol. The lowest BCUT2D eigenvalue weighted by atomic mass is 10.0. The van der Waals surface area contributed by atoms with Crippen LogP contribution in [-0.2, 0) is 14.8 Å². The number of hydrogen-bond acceptors (Lipinski definition) is 7. The molecule has 1 aromatic carbocycles. The van der Waals surface area contributed by atoms with E-state index in [1.54, 1.807) is 0 Å². The standard InChI is InChI=1S/C24H30N4O3S2/c1-33(29,30)28-24-22(20(16-32-24)17-7-3-2-4-8-17)23(25-28)27-15-18-13-19(27)14-21(18)31-12-11-26-9-5-6-10-26/h2-4,7-8,16,18-19,21H,5-6,9-15H2,1H3. The van der Waals surface area contributed by atoms with Crippen molar-refractivity contribution in [2.24, 2.45) is 5.92 Å². The average molecular weight is 487 g/mol. The Hall–Kier alpha value is -1.94. The minimum Gasteiger partial charge on any atom is -0.376 e. The molecule has 3 aliphatic rings. The number of fused-ring (bicyclic) bond motifs is 3. The van der Waals surface area contributed by atoms with E-state index in [1.165, 1.54) is 47.6 Å². The molecule has 3 fully saturated rings. The molecule has 0 amide bonds. The SMILES string of the molecule is CS(=O)(=O)n1nc(N2CC3CC2CC3OCCN2CCCC2)c2c(-c3ccccc3)csc21. The van der Waals surface area contributed by atoms with E-state index >= 15 is 0 Å². The fourth-order valence-corrected chi connectivity index (χ4v) is 7.94. The van der Waals surface area contributed by atoms with Crippen molar-refractivity contribution >= 4 is 37.4 Å². The summed E-state index contributed by atoms with van der Waals surface area (Å²) in [7, 11) is -3.49. The van der Waals surface area contributed by atoms with Crippen molar-refractivity contribution in [3.05, 3.63) is 35.7 Å². The van der Waals surface area contributed by atoms with Crippen molar-refractivity contribution in [2.75, 3.05) is 43.9 Å². The van der Waals surface area contributed by atoms with Crippen LogP contribution in [0.2, 0.25) is 0 Å². The van der Waals surface area contributed by atoms with Crippen LogP contribution in [0.3, 0.4) is 0 Å². The maximum Gasteiger partial charge on any atom is 0.252 e. The van der Waals surface area contributed by atoms with Gasteiger partial charge in [-0.25, -0.2) is 8.42 Å². The predicted octanol–water partition coefficient (Wildman–Crippen LogP) is 3.65. The van der Waals surface area contributed by atoms with E-state index < -0.39 is 10.0 Å². The number of ether oxygens (including phenoxy) is 1. The molecule has 0 spiro atoms. The molecule has 3 unspecified atom stereocenters. The third kappa shape index (κ3) is 3.88. The van der Waals surface area contributed by atoms with Gasteiger partial charge >= 0.3 is 0 Å². The Morgan fingerprint density at radius 2 is 1.94 bits per heavy atom. The fraction of sp³-hybridized carbons (Fsp3) is 0.542. The second kappa shape index (κ2) is 8.37. The monoisotopic (exact) mass is 486 g/mol. The summed E-state index contributed by atoms with van der Waals surface area (Å²) >= 11 is 1.45. The molecule has 2 bridgehead atoms. The fourth-order valence-electron chi connectivity index (χ4n) is 5.85. The van der Waals surface area contributed by atoms with Crippen LogP contribution < -0.4 is 4.90 Å². The van der Waals surface area contributed by atoms with Crippen molar-refractivity contribution in [1.82, 2.24) is 14.1 Å². The van der Waals surface area contributed by atoms with Gasteiger partial charge in [-0.2, -0.15) is 0 Å². The van der Waals surface area contributed by atoms with Gasteiger partial charge in [-0.3, -0.25) is 0 Å². The van der Waals surface area contributed by atoms with Crippen molar-refractivity contribution in [1.29, 1.82) is 0 Å². The molecule has 1 saturated carbocycles. The molecular formula is C24H30N4O3S2. The van der Waals surface area contributed by atoms with Crippen LogP contribution in [0, 0.1) is 5.92 Å². The number of hydrogen-bond donors (Lipinski definition) is 0. The third-order valence-corrected chi connectivity index (χ3v) is 9.40. The summed E-state index contributed by atoms with van der Waals surface area (Å²) in [4.78, 5) is 5.54. The lowest BCUT2D eigenvalue weighted by Gasteiger charge is -2.32. The normalized spacial score (nSPS) is 25.6. The van der Waals surface area contributed by atoms with Gasteiger partial charge in [0.1, 0.15) is 4.83 Å². The van der Waals surface area contributed by atoms with E-state index in [4.69, 9.17) is 4.74 Å². The van der Waals surface area contributed by atoms with Crippen LogP contribution in [-0.4, -0.2) is 73.7 Å². The van der Waals surface area contributed by atoms with E-state index in [2.05, 4.69) is 32.4 Å².